The van der Waals surface area contributed by atoms with E-state index in [1.54, 1.807) is 18.3 Å². The largest absolute Gasteiger partial charge is 0.463 e. The number of thioether (sulfide) groups is 1. The van der Waals surface area contributed by atoms with Crippen LogP contribution in [0.4, 0.5) is 4.79 Å². The van der Waals surface area contributed by atoms with Crippen molar-refractivity contribution in [2.45, 2.75) is 27.3 Å². The lowest BCUT2D eigenvalue weighted by atomic mass is 10.2. The molecule has 2 amide bonds. The number of amides is 2. The van der Waals surface area contributed by atoms with E-state index >= 15 is 0 Å². The Bertz CT molecular complexity index is 1270. The quantitative estimate of drug-likeness (QED) is 0.419. The maximum atomic E-state index is 12.9. The highest BCUT2D eigenvalue weighted by Gasteiger charge is 2.36. The minimum absolute atomic E-state index is 0.0159. The Morgan fingerprint density at radius 1 is 1.19 bits per heavy atom. The summed E-state index contributed by atoms with van der Waals surface area (Å²) in [5, 5.41) is -0.397. The summed E-state index contributed by atoms with van der Waals surface area (Å²) in [5.74, 6) is 0.102. The molecule has 4 rings (SSSR count). The maximum absolute atomic E-state index is 12.9. The van der Waals surface area contributed by atoms with Crippen LogP contribution in [0.25, 0.3) is 11.9 Å². The lowest BCUT2D eigenvalue weighted by Crippen LogP contribution is -2.27. The second-order valence-electron chi connectivity index (χ2n) is 7.38. The molecule has 0 bridgehead atoms. The van der Waals surface area contributed by atoms with Crippen LogP contribution in [0.1, 0.15) is 38.8 Å². The van der Waals surface area contributed by atoms with Crippen LogP contribution in [0.5, 0.6) is 0 Å². The summed E-state index contributed by atoms with van der Waals surface area (Å²) in [4.78, 5) is 42.8. The monoisotopic (exact) mass is 451 g/mol. The summed E-state index contributed by atoms with van der Waals surface area (Å²) in [7, 11) is 1.25. The smallest absolute Gasteiger partial charge is 0.373 e. The first-order valence-electron chi connectivity index (χ1n) is 9.83. The van der Waals surface area contributed by atoms with E-state index in [4.69, 9.17) is 4.42 Å². The van der Waals surface area contributed by atoms with Gasteiger partial charge in [-0.3, -0.25) is 14.5 Å². The Morgan fingerprint density at radius 2 is 1.97 bits per heavy atom. The van der Waals surface area contributed by atoms with Crippen LogP contribution in [-0.2, 0) is 16.1 Å². The number of furan rings is 1. The van der Waals surface area contributed by atoms with Crippen molar-refractivity contribution in [1.82, 2.24) is 14.5 Å². The van der Waals surface area contributed by atoms with E-state index in [-0.39, 0.29) is 12.3 Å². The fourth-order valence-electron chi connectivity index (χ4n) is 3.54. The summed E-state index contributed by atoms with van der Waals surface area (Å²) < 4.78 is 12.0. The molecule has 4 heterocycles. The van der Waals surface area contributed by atoms with Crippen LogP contribution in [-0.4, -0.2) is 38.7 Å². The van der Waals surface area contributed by atoms with Gasteiger partial charge in [-0.25, -0.2) is 9.78 Å². The molecule has 1 saturated heterocycles. The molecule has 1 aliphatic heterocycles. The first-order valence-corrected chi connectivity index (χ1v) is 10.6. The third-order valence-electron chi connectivity index (χ3n) is 5.12. The van der Waals surface area contributed by atoms with Crippen LogP contribution < -0.4 is 0 Å². The third-order valence-corrected chi connectivity index (χ3v) is 6.03. The first-order chi connectivity index (χ1) is 15.3. The predicted octanol–water partition coefficient (Wildman–Crippen LogP) is 4.41. The van der Waals surface area contributed by atoms with Gasteiger partial charge in [0.25, 0.3) is 11.1 Å². The molecule has 0 spiro atoms. The van der Waals surface area contributed by atoms with Gasteiger partial charge in [-0.2, -0.15) is 0 Å². The Kier molecular flexibility index (Phi) is 5.75. The summed E-state index contributed by atoms with van der Waals surface area (Å²) in [6, 6.07) is 8.87. The minimum Gasteiger partial charge on any atom is -0.463 e. The number of aryl methyl sites for hydroxylation is 2. The van der Waals surface area contributed by atoms with Crippen molar-refractivity contribution in [3.63, 3.8) is 0 Å². The van der Waals surface area contributed by atoms with Gasteiger partial charge in [-0.05, 0) is 80.1 Å². The molecule has 32 heavy (non-hydrogen) atoms. The molecule has 0 N–H and O–H groups in total. The van der Waals surface area contributed by atoms with E-state index in [1.807, 2.05) is 43.5 Å². The molecular formula is C23H21N3O5S. The van der Waals surface area contributed by atoms with E-state index in [0.29, 0.717) is 10.7 Å². The van der Waals surface area contributed by atoms with Crippen molar-refractivity contribution < 1.29 is 23.5 Å². The second-order valence-corrected chi connectivity index (χ2v) is 8.37. The minimum atomic E-state index is -0.622. The number of hydrogen-bond acceptors (Lipinski definition) is 7. The molecule has 164 valence electrons. The zero-order chi connectivity index (χ0) is 23.0. The zero-order valence-corrected chi connectivity index (χ0v) is 18.9. The number of ether oxygens (including phenoxy) is 1. The van der Waals surface area contributed by atoms with Crippen molar-refractivity contribution in [2.24, 2.45) is 0 Å². The summed E-state index contributed by atoms with van der Waals surface area (Å²) >= 11 is 0.876. The number of aromatic nitrogens is 2. The van der Waals surface area contributed by atoms with Crippen molar-refractivity contribution >= 4 is 35.0 Å². The molecule has 0 radical (unpaired) electrons. The van der Waals surface area contributed by atoms with Crippen LogP contribution in [0.2, 0.25) is 0 Å². The van der Waals surface area contributed by atoms with E-state index in [0.717, 1.165) is 45.0 Å². The predicted molar refractivity (Wildman–Crippen MR) is 119 cm³/mol. The van der Waals surface area contributed by atoms with Gasteiger partial charge in [-0.15, -0.1) is 0 Å². The fraction of sp³-hybridized carbons (Fsp3) is 0.217. The average Bonchev–Trinajstić information content (AvgIpc) is 3.41. The lowest BCUT2D eigenvalue weighted by Gasteiger charge is -2.10. The molecule has 0 unspecified atom stereocenters. The Balaban J connectivity index is 1.59. The molecule has 0 saturated carbocycles. The number of rotatable bonds is 5. The standard InChI is InChI=1S/C23H21N3O5S/c1-13-7-8-24-20(9-13)26-14(2)10-16(15(26)3)11-19-21(27)25(23(29)32-19)12-17-5-6-18(31-17)22(28)30-4/h5-11H,12H2,1-4H3/b19-11+. The van der Waals surface area contributed by atoms with Crippen LogP contribution >= 0.6 is 11.8 Å². The number of imide groups is 1. The number of esters is 1. The van der Waals surface area contributed by atoms with Gasteiger partial charge in [0.1, 0.15) is 11.6 Å². The van der Waals surface area contributed by atoms with Crippen molar-refractivity contribution in [1.29, 1.82) is 0 Å². The van der Waals surface area contributed by atoms with Crippen molar-refractivity contribution in [3.8, 4) is 5.82 Å². The molecule has 3 aromatic heterocycles. The van der Waals surface area contributed by atoms with Crippen LogP contribution in [0, 0.1) is 20.8 Å². The molecule has 9 heteroatoms. The Hall–Kier alpha value is -3.59. The fourth-order valence-corrected chi connectivity index (χ4v) is 4.36. The molecule has 8 nitrogen and oxygen atoms in total. The number of carbonyl (C=O) groups excluding carboxylic acids is 3. The number of pyridine rings is 1. The van der Waals surface area contributed by atoms with Crippen molar-refractivity contribution in [2.75, 3.05) is 7.11 Å². The summed E-state index contributed by atoms with van der Waals surface area (Å²) in [5.41, 5.74) is 3.82. The SMILES string of the molecule is COC(=O)c1ccc(CN2C(=O)S/C(=C/c3cc(C)n(-c4cc(C)ccn4)c3C)C2=O)o1. The normalized spacial score (nSPS) is 15.1. The lowest BCUT2D eigenvalue weighted by molar-refractivity contribution is -0.123. The van der Waals surface area contributed by atoms with Gasteiger partial charge in [0.15, 0.2) is 0 Å². The molecule has 1 aliphatic rings. The molecule has 0 aliphatic carbocycles. The van der Waals surface area contributed by atoms with Gasteiger partial charge < -0.3 is 13.7 Å². The van der Waals surface area contributed by atoms with Crippen LogP contribution in [0.15, 0.2) is 45.9 Å². The van der Waals surface area contributed by atoms with E-state index < -0.39 is 17.1 Å². The highest BCUT2D eigenvalue weighted by atomic mass is 32.2. The highest BCUT2D eigenvalue weighted by molar-refractivity contribution is 8.18. The Labute approximate surface area is 188 Å². The van der Waals surface area contributed by atoms with Gasteiger partial charge in [-0.1, -0.05) is 0 Å². The average molecular weight is 452 g/mol. The van der Waals surface area contributed by atoms with E-state index in [9.17, 15) is 14.4 Å². The van der Waals surface area contributed by atoms with Gasteiger partial charge in [0.05, 0.1) is 18.6 Å². The molecule has 1 fully saturated rings. The molecule has 0 aromatic carbocycles. The highest BCUT2D eigenvalue weighted by Crippen LogP contribution is 2.34. The third kappa shape index (κ3) is 3.99. The zero-order valence-electron chi connectivity index (χ0n) is 18.0. The Morgan fingerprint density at radius 3 is 2.69 bits per heavy atom. The molecule has 0 atom stereocenters. The second kappa shape index (κ2) is 8.51. The number of carbonyl (C=O) groups is 3. The number of nitrogens with zero attached hydrogens (tertiary/aromatic N) is 3. The molecule has 3 aromatic rings. The first kappa shape index (κ1) is 21.6. The van der Waals surface area contributed by atoms with E-state index in [2.05, 4.69) is 9.72 Å². The van der Waals surface area contributed by atoms with Crippen LogP contribution in [0.3, 0.4) is 0 Å². The van der Waals surface area contributed by atoms with Gasteiger partial charge in [0, 0.05) is 17.6 Å². The number of methoxy groups -OCH3 is 1. The van der Waals surface area contributed by atoms with E-state index in [1.165, 1.54) is 13.2 Å². The summed E-state index contributed by atoms with van der Waals surface area (Å²) in [6.45, 7) is 5.86. The maximum Gasteiger partial charge on any atom is 0.373 e. The van der Waals surface area contributed by atoms with Gasteiger partial charge in [0.2, 0.25) is 5.76 Å². The summed E-state index contributed by atoms with van der Waals surface area (Å²) in [6.07, 6.45) is 3.48. The molecular weight excluding hydrogens is 430 g/mol. The topological polar surface area (TPSA) is 94.6 Å². The number of hydrogen-bond donors (Lipinski definition) is 0. The van der Waals surface area contributed by atoms with Crippen molar-refractivity contribution in [3.05, 3.63) is 75.5 Å². The van der Waals surface area contributed by atoms with Gasteiger partial charge >= 0.3 is 5.97 Å².